The molecule has 6 heteroatoms. The van der Waals surface area contributed by atoms with Gasteiger partial charge in [-0.1, -0.05) is 17.7 Å². The lowest BCUT2D eigenvalue weighted by Crippen LogP contribution is -2.12. The molecule has 0 atom stereocenters. The topological polar surface area (TPSA) is 72.0 Å². The summed E-state index contributed by atoms with van der Waals surface area (Å²) in [5.41, 5.74) is 0.648. The number of hydrogen-bond donors (Lipinski definition) is 1. The molecule has 0 saturated heterocycles. The van der Waals surface area contributed by atoms with E-state index in [4.69, 9.17) is 16.3 Å². The number of carbonyl (C=O) groups excluding carboxylic acids is 1. The number of halogens is 1. The van der Waals surface area contributed by atoms with Crippen LogP contribution in [0.1, 0.15) is 17.3 Å². The summed E-state index contributed by atoms with van der Waals surface area (Å²) in [6, 6.07) is 4.67. The number of nitrogens with one attached hydrogen (secondary N) is 1. The maximum atomic E-state index is 11.9. The molecule has 0 aliphatic carbocycles. The van der Waals surface area contributed by atoms with Gasteiger partial charge in [-0.05, 0) is 19.1 Å². The lowest BCUT2D eigenvalue weighted by molar-refractivity contribution is 0.0527. The van der Waals surface area contributed by atoms with E-state index in [2.05, 4.69) is 9.97 Å². The summed E-state index contributed by atoms with van der Waals surface area (Å²) in [6.07, 6.45) is 2.68. The van der Waals surface area contributed by atoms with Gasteiger partial charge in [0.15, 0.2) is 0 Å². The highest BCUT2D eigenvalue weighted by Gasteiger charge is 2.16. The molecular weight excluding hydrogens is 268 g/mol. The van der Waals surface area contributed by atoms with Crippen LogP contribution < -0.4 is 5.56 Å². The van der Waals surface area contributed by atoms with Crippen LogP contribution in [0.5, 0.6) is 0 Å². The summed E-state index contributed by atoms with van der Waals surface area (Å²) in [4.78, 5) is 30.0. The second-order valence-corrected chi connectivity index (χ2v) is 4.14. The average Bonchev–Trinajstić information content (AvgIpc) is 2.40. The Kier molecular flexibility index (Phi) is 3.97. The highest BCUT2D eigenvalue weighted by atomic mass is 35.5. The van der Waals surface area contributed by atoms with E-state index in [1.165, 1.54) is 18.6 Å². The van der Waals surface area contributed by atoms with E-state index >= 15 is 0 Å². The van der Waals surface area contributed by atoms with Gasteiger partial charge in [-0.25, -0.2) is 9.78 Å². The monoisotopic (exact) mass is 278 g/mol. The van der Waals surface area contributed by atoms with Gasteiger partial charge in [-0.3, -0.25) is 4.79 Å². The van der Waals surface area contributed by atoms with E-state index in [0.717, 1.165) is 0 Å². The van der Waals surface area contributed by atoms with Crippen LogP contribution in [-0.2, 0) is 4.74 Å². The molecule has 0 bridgehead atoms. The van der Waals surface area contributed by atoms with E-state index in [-0.39, 0.29) is 17.7 Å². The molecule has 19 heavy (non-hydrogen) atoms. The molecule has 0 aliphatic rings. The number of aromatic amines is 1. The number of benzene rings is 1. The maximum absolute atomic E-state index is 11.9. The first-order valence-electron chi connectivity index (χ1n) is 5.63. The minimum absolute atomic E-state index is 0.243. The maximum Gasteiger partial charge on any atom is 0.338 e. The molecule has 0 saturated carbocycles. The summed E-state index contributed by atoms with van der Waals surface area (Å²) >= 11 is 5.88. The predicted octanol–water partition coefficient (Wildman–Crippen LogP) is 2.27. The fourth-order valence-corrected chi connectivity index (χ4v) is 1.84. The highest BCUT2D eigenvalue weighted by molar-refractivity contribution is 6.31. The number of H-pyrrole nitrogens is 1. The van der Waals surface area contributed by atoms with Gasteiger partial charge in [-0.15, -0.1) is 0 Å². The molecule has 2 rings (SSSR count). The molecule has 1 N–H and O–H groups in total. The molecule has 0 radical (unpaired) electrons. The van der Waals surface area contributed by atoms with Gasteiger partial charge >= 0.3 is 5.97 Å². The Morgan fingerprint density at radius 3 is 2.89 bits per heavy atom. The minimum atomic E-state index is -0.525. The van der Waals surface area contributed by atoms with Crippen LogP contribution in [-0.4, -0.2) is 22.5 Å². The number of carbonyl (C=O) groups is 1. The third-order valence-electron chi connectivity index (χ3n) is 2.49. The van der Waals surface area contributed by atoms with Gasteiger partial charge in [0.2, 0.25) is 0 Å². The Bertz CT molecular complexity index is 667. The zero-order valence-electron chi connectivity index (χ0n) is 10.1. The van der Waals surface area contributed by atoms with Crippen molar-refractivity contribution in [2.24, 2.45) is 0 Å². The lowest BCUT2D eigenvalue weighted by Gasteiger charge is -2.08. The number of nitrogens with zero attached hydrogens (tertiary/aromatic N) is 1. The van der Waals surface area contributed by atoms with Gasteiger partial charge < -0.3 is 9.72 Å². The molecule has 0 spiro atoms. The summed E-state index contributed by atoms with van der Waals surface area (Å²) in [5, 5.41) is 0.395. The molecule has 1 aromatic heterocycles. The summed E-state index contributed by atoms with van der Waals surface area (Å²) in [5.74, 6) is -0.525. The largest absolute Gasteiger partial charge is 0.462 e. The second-order valence-electron chi connectivity index (χ2n) is 3.70. The summed E-state index contributed by atoms with van der Waals surface area (Å²) in [6.45, 7) is 1.95. The third-order valence-corrected chi connectivity index (χ3v) is 2.72. The average molecular weight is 279 g/mol. The Morgan fingerprint density at radius 1 is 1.42 bits per heavy atom. The Morgan fingerprint density at radius 2 is 2.21 bits per heavy atom. The molecule has 1 heterocycles. The van der Waals surface area contributed by atoms with Crippen molar-refractivity contribution < 1.29 is 9.53 Å². The molecule has 0 unspecified atom stereocenters. The van der Waals surface area contributed by atoms with Crippen molar-refractivity contribution in [3.8, 4) is 11.1 Å². The van der Waals surface area contributed by atoms with E-state index < -0.39 is 5.97 Å². The van der Waals surface area contributed by atoms with Crippen LogP contribution in [0.4, 0.5) is 0 Å². The van der Waals surface area contributed by atoms with Crippen molar-refractivity contribution in [3.05, 3.63) is 51.7 Å². The minimum Gasteiger partial charge on any atom is -0.462 e. The zero-order valence-corrected chi connectivity index (χ0v) is 10.9. The number of rotatable bonds is 3. The second kappa shape index (κ2) is 5.67. The Balaban J connectivity index is 2.61. The van der Waals surface area contributed by atoms with E-state index in [1.807, 2.05) is 0 Å². The normalized spacial score (nSPS) is 10.2. The SMILES string of the molecule is CCOC(=O)c1cc(Cl)ccc1-c1cnc[nH]c1=O. The molecule has 0 aliphatic heterocycles. The van der Waals surface area contributed by atoms with Crippen LogP contribution in [0.25, 0.3) is 11.1 Å². The number of hydrogen-bond acceptors (Lipinski definition) is 4. The van der Waals surface area contributed by atoms with Crippen LogP contribution in [0.2, 0.25) is 5.02 Å². The Hall–Kier alpha value is -2.14. The van der Waals surface area contributed by atoms with Crippen molar-refractivity contribution in [1.29, 1.82) is 0 Å². The molecule has 5 nitrogen and oxygen atoms in total. The highest BCUT2D eigenvalue weighted by Crippen LogP contribution is 2.24. The fraction of sp³-hybridized carbons (Fsp3) is 0.154. The van der Waals surface area contributed by atoms with Crippen LogP contribution in [0.15, 0.2) is 35.5 Å². The predicted molar refractivity (Wildman–Crippen MR) is 71.3 cm³/mol. The molecule has 0 amide bonds. The fourth-order valence-electron chi connectivity index (χ4n) is 1.66. The van der Waals surface area contributed by atoms with Crippen LogP contribution >= 0.6 is 11.6 Å². The number of ether oxygens (including phenoxy) is 1. The van der Waals surface area contributed by atoms with Gasteiger partial charge in [0.05, 0.1) is 24.1 Å². The first-order chi connectivity index (χ1) is 9.13. The van der Waals surface area contributed by atoms with E-state index in [9.17, 15) is 9.59 Å². The van der Waals surface area contributed by atoms with Gasteiger partial charge in [0, 0.05) is 16.8 Å². The summed E-state index contributed by atoms with van der Waals surface area (Å²) in [7, 11) is 0. The van der Waals surface area contributed by atoms with Crippen LogP contribution in [0, 0.1) is 0 Å². The molecule has 2 aromatic rings. The van der Waals surface area contributed by atoms with Crippen molar-refractivity contribution in [1.82, 2.24) is 9.97 Å². The number of esters is 1. The van der Waals surface area contributed by atoms with Crippen molar-refractivity contribution in [3.63, 3.8) is 0 Å². The smallest absolute Gasteiger partial charge is 0.338 e. The molecular formula is C13H11ClN2O3. The van der Waals surface area contributed by atoms with E-state index in [0.29, 0.717) is 16.1 Å². The third kappa shape index (κ3) is 2.82. The van der Waals surface area contributed by atoms with Crippen molar-refractivity contribution in [2.75, 3.05) is 6.61 Å². The van der Waals surface area contributed by atoms with E-state index in [1.54, 1.807) is 19.1 Å². The number of aromatic nitrogens is 2. The first-order valence-corrected chi connectivity index (χ1v) is 6.01. The molecule has 0 fully saturated rings. The quantitative estimate of drug-likeness (QED) is 0.874. The standard InChI is InChI=1S/C13H11ClN2O3/c1-2-19-13(18)10-5-8(14)3-4-9(10)11-6-15-7-16-12(11)17/h3-7H,2H2,1H3,(H,15,16,17). The van der Waals surface area contributed by atoms with Gasteiger partial charge in [-0.2, -0.15) is 0 Å². The van der Waals surface area contributed by atoms with Crippen LogP contribution in [0.3, 0.4) is 0 Å². The van der Waals surface area contributed by atoms with Gasteiger partial charge in [0.25, 0.3) is 5.56 Å². The summed E-state index contributed by atoms with van der Waals surface area (Å²) < 4.78 is 4.95. The zero-order chi connectivity index (χ0) is 13.8. The Labute approximate surface area is 114 Å². The lowest BCUT2D eigenvalue weighted by atomic mass is 10.0. The molecule has 98 valence electrons. The molecule has 1 aromatic carbocycles. The van der Waals surface area contributed by atoms with Gasteiger partial charge in [0.1, 0.15) is 0 Å². The first kappa shape index (κ1) is 13.3. The van der Waals surface area contributed by atoms with Crippen molar-refractivity contribution in [2.45, 2.75) is 6.92 Å². The van der Waals surface area contributed by atoms with Crippen molar-refractivity contribution >= 4 is 17.6 Å².